The second-order valence-electron chi connectivity index (χ2n) is 7.75. The predicted octanol–water partition coefficient (Wildman–Crippen LogP) is 3.07. The number of hydrogen-bond donors (Lipinski definition) is 0. The number of aryl methyl sites for hydroxylation is 2. The van der Waals surface area contributed by atoms with Crippen LogP contribution < -0.4 is 0 Å². The average molecular weight is 382 g/mol. The fraction of sp³-hybridized carbons (Fsp3) is 0.500. The first-order valence-electron chi connectivity index (χ1n) is 9.71. The van der Waals surface area contributed by atoms with Crippen LogP contribution in [-0.4, -0.2) is 41.8 Å². The highest BCUT2D eigenvalue weighted by molar-refractivity contribution is 5.77. The Morgan fingerprint density at radius 1 is 1.39 bits per heavy atom. The minimum atomic E-state index is -0.0554. The van der Waals surface area contributed by atoms with Crippen molar-refractivity contribution in [3.8, 4) is 11.3 Å². The molecule has 0 saturated carbocycles. The maximum Gasteiger partial charge on any atom is 0.243 e. The molecule has 148 valence electrons. The van der Waals surface area contributed by atoms with E-state index < -0.39 is 0 Å². The zero-order valence-corrected chi connectivity index (χ0v) is 16.8. The number of likely N-dealkylation sites (tertiary alicyclic amines) is 1. The van der Waals surface area contributed by atoms with Crippen molar-refractivity contribution in [2.75, 3.05) is 6.54 Å². The summed E-state index contributed by atoms with van der Waals surface area (Å²) in [5.41, 5.74) is 2.60. The number of nitrogens with zero attached hydrogens (tertiary/aromatic N) is 6. The largest absolute Gasteiger partial charge is 0.356 e. The van der Waals surface area contributed by atoms with Gasteiger partial charge in [-0.3, -0.25) is 9.48 Å². The highest BCUT2D eigenvalue weighted by atomic mass is 16.5. The Hall–Kier alpha value is -2.90. The normalized spacial score (nSPS) is 17.0. The standard InChI is InChI=1S/C20H26N6O2/c1-13(2)20-21-7-9-25(20)12-18(27)26-8-5-6-16(26)19-15(11-24(4)22-19)17-10-14(3)23-28-17/h7,9-11,13,16H,5-6,8,12H2,1-4H3/t16-/m1/s1. The molecule has 0 bridgehead atoms. The molecule has 1 aliphatic rings. The van der Waals surface area contributed by atoms with Crippen molar-refractivity contribution >= 4 is 5.91 Å². The summed E-state index contributed by atoms with van der Waals surface area (Å²) in [5.74, 6) is 1.98. The van der Waals surface area contributed by atoms with Gasteiger partial charge in [0.25, 0.3) is 0 Å². The third-order valence-electron chi connectivity index (χ3n) is 5.21. The second-order valence-corrected chi connectivity index (χ2v) is 7.75. The van der Waals surface area contributed by atoms with E-state index in [-0.39, 0.29) is 17.9 Å². The minimum absolute atomic E-state index is 0.0554. The average Bonchev–Trinajstić information content (AvgIpc) is 3.39. The summed E-state index contributed by atoms with van der Waals surface area (Å²) in [6, 6.07) is 1.85. The van der Waals surface area contributed by atoms with Gasteiger partial charge in [0.05, 0.1) is 23.0 Å². The summed E-state index contributed by atoms with van der Waals surface area (Å²) >= 11 is 0. The lowest BCUT2D eigenvalue weighted by Gasteiger charge is -2.25. The molecule has 28 heavy (non-hydrogen) atoms. The van der Waals surface area contributed by atoms with E-state index in [1.165, 1.54) is 0 Å². The topological polar surface area (TPSA) is 82.0 Å². The van der Waals surface area contributed by atoms with Crippen LogP contribution in [0.1, 0.15) is 55.9 Å². The molecule has 1 saturated heterocycles. The molecule has 8 heteroatoms. The molecule has 0 unspecified atom stereocenters. The molecule has 8 nitrogen and oxygen atoms in total. The molecule has 1 aliphatic heterocycles. The molecular weight excluding hydrogens is 356 g/mol. The van der Waals surface area contributed by atoms with Gasteiger partial charge in [-0.15, -0.1) is 0 Å². The summed E-state index contributed by atoms with van der Waals surface area (Å²) in [6.07, 6.45) is 7.42. The number of aromatic nitrogens is 5. The van der Waals surface area contributed by atoms with Crippen LogP contribution in [0.25, 0.3) is 11.3 Å². The Labute approximate surface area is 164 Å². The lowest BCUT2D eigenvalue weighted by Crippen LogP contribution is -2.34. The lowest BCUT2D eigenvalue weighted by molar-refractivity contribution is -0.132. The third kappa shape index (κ3) is 3.34. The minimum Gasteiger partial charge on any atom is -0.356 e. The smallest absolute Gasteiger partial charge is 0.243 e. The molecule has 4 rings (SSSR count). The van der Waals surface area contributed by atoms with E-state index in [0.29, 0.717) is 12.3 Å². The molecule has 0 aliphatic carbocycles. The Morgan fingerprint density at radius 3 is 2.93 bits per heavy atom. The van der Waals surface area contributed by atoms with E-state index in [9.17, 15) is 4.79 Å². The SMILES string of the molecule is Cc1cc(-c2cn(C)nc2[C@H]2CCCN2C(=O)Cn2ccnc2C(C)C)on1. The van der Waals surface area contributed by atoms with E-state index in [4.69, 9.17) is 4.52 Å². The lowest BCUT2D eigenvalue weighted by atomic mass is 10.1. The maximum atomic E-state index is 13.1. The zero-order valence-electron chi connectivity index (χ0n) is 16.8. The third-order valence-corrected chi connectivity index (χ3v) is 5.21. The first kappa shape index (κ1) is 18.5. The highest BCUT2D eigenvalue weighted by Gasteiger charge is 2.34. The number of hydrogen-bond acceptors (Lipinski definition) is 5. The number of imidazole rings is 1. The monoisotopic (exact) mass is 382 g/mol. The summed E-state index contributed by atoms with van der Waals surface area (Å²) in [5, 5.41) is 8.67. The van der Waals surface area contributed by atoms with E-state index in [1.807, 2.05) is 41.9 Å². The molecule has 3 aromatic heterocycles. The molecule has 3 aromatic rings. The molecular formula is C20H26N6O2. The number of rotatable bonds is 5. The zero-order chi connectivity index (χ0) is 19.8. The molecule has 1 atom stereocenters. The fourth-order valence-corrected chi connectivity index (χ4v) is 3.97. The van der Waals surface area contributed by atoms with Gasteiger partial charge in [-0.05, 0) is 19.8 Å². The second kappa shape index (κ2) is 7.26. The van der Waals surface area contributed by atoms with Crippen LogP contribution in [0, 0.1) is 6.92 Å². The van der Waals surface area contributed by atoms with E-state index >= 15 is 0 Å². The van der Waals surface area contributed by atoms with Gasteiger partial charge in [-0.2, -0.15) is 5.10 Å². The maximum absolute atomic E-state index is 13.1. The van der Waals surface area contributed by atoms with Gasteiger partial charge < -0.3 is 14.0 Å². The number of amides is 1. The molecule has 1 fully saturated rings. The van der Waals surface area contributed by atoms with E-state index in [1.54, 1.807) is 10.9 Å². The number of carbonyl (C=O) groups is 1. The van der Waals surface area contributed by atoms with Crippen molar-refractivity contribution in [1.82, 2.24) is 29.4 Å². The van der Waals surface area contributed by atoms with Crippen LogP contribution in [0.5, 0.6) is 0 Å². The number of carbonyl (C=O) groups excluding carboxylic acids is 1. The van der Waals surface area contributed by atoms with Crippen molar-refractivity contribution in [2.24, 2.45) is 7.05 Å². The van der Waals surface area contributed by atoms with Crippen molar-refractivity contribution in [3.63, 3.8) is 0 Å². The Morgan fingerprint density at radius 2 is 2.21 bits per heavy atom. The van der Waals surface area contributed by atoms with Crippen molar-refractivity contribution < 1.29 is 9.32 Å². The highest BCUT2D eigenvalue weighted by Crippen LogP contribution is 2.37. The molecule has 0 aromatic carbocycles. The first-order chi connectivity index (χ1) is 13.4. The van der Waals surface area contributed by atoms with Crippen molar-refractivity contribution in [3.05, 3.63) is 41.9 Å². The van der Waals surface area contributed by atoms with Crippen LogP contribution in [0.15, 0.2) is 29.2 Å². The first-order valence-corrected chi connectivity index (χ1v) is 9.71. The van der Waals surface area contributed by atoms with E-state index in [2.05, 4.69) is 29.1 Å². The van der Waals surface area contributed by atoms with Crippen LogP contribution in [-0.2, 0) is 18.4 Å². The summed E-state index contributed by atoms with van der Waals surface area (Å²) in [4.78, 5) is 19.5. The summed E-state index contributed by atoms with van der Waals surface area (Å²) < 4.78 is 9.19. The molecule has 1 amide bonds. The predicted molar refractivity (Wildman–Crippen MR) is 103 cm³/mol. The van der Waals surface area contributed by atoms with Gasteiger partial charge in [0.1, 0.15) is 12.4 Å². The van der Waals surface area contributed by atoms with Crippen LogP contribution in [0.3, 0.4) is 0 Å². The van der Waals surface area contributed by atoms with E-state index in [0.717, 1.165) is 42.2 Å². The molecule has 0 radical (unpaired) electrons. The molecule has 0 spiro atoms. The molecule has 0 N–H and O–H groups in total. The van der Waals surface area contributed by atoms with Crippen LogP contribution >= 0.6 is 0 Å². The molecule has 4 heterocycles. The van der Waals surface area contributed by atoms with Crippen molar-refractivity contribution in [2.45, 2.75) is 52.1 Å². The van der Waals surface area contributed by atoms with Gasteiger partial charge in [0.15, 0.2) is 5.76 Å². The van der Waals surface area contributed by atoms with Gasteiger partial charge >= 0.3 is 0 Å². The summed E-state index contributed by atoms with van der Waals surface area (Å²) in [6.45, 7) is 7.10. The van der Waals surface area contributed by atoms with Gasteiger partial charge in [0.2, 0.25) is 5.91 Å². The van der Waals surface area contributed by atoms with Crippen LogP contribution in [0.4, 0.5) is 0 Å². The summed E-state index contributed by atoms with van der Waals surface area (Å²) in [7, 11) is 1.89. The fourth-order valence-electron chi connectivity index (χ4n) is 3.97. The van der Waals surface area contributed by atoms with Crippen LogP contribution in [0.2, 0.25) is 0 Å². The quantitative estimate of drug-likeness (QED) is 0.677. The van der Waals surface area contributed by atoms with Gasteiger partial charge in [-0.1, -0.05) is 19.0 Å². The van der Waals surface area contributed by atoms with Crippen molar-refractivity contribution in [1.29, 1.82) is 0 Å². The van der Waals surface area contributed by atoms with Gasteiger partial charge in [0, 0.05) is 44.2 Å². The Balaban J connectivity index is 1.61. The Kier molecular flexibility index (Phi) is 4.78. The Bertz CT molecular complexity index is 983. The van der Waals surface area contributed by atoms with Gasteiger partial charge in [-0.25, -0.2) is 4.98 Å².